The van der Waals surface area contributed by atoms with E-state index in [0.717, 1.165) is 38.5 Å². The van der Waals surface area contributed by atoms with Crippen LogP contribution in [0.5, 0.6) is 0 Å². The Balaban J connectivity index is -0.000000138. The van der Waals surface area contributed by atoms with Crippen LogP contribution >= 0.6 is 0 Å². The molecule has 12 heteroatoms. The smallest absolute Gasteiger partial charge is 0.306 e. The molecule has 0 aromatic heterocycles. The van der Waals surface area contributed by atoms with E-state index in [9.17, 15) is 28.8 Å². The van der Waals surface area contributed by atoms with Gasteiger partial charge in [-0.1, -0.05) is 47.0 Å². The Morgan fingerprint density at radius 3 is 0.860 bits per heavy atom. The summed E-state index contributed by atoms with van der Waals surface area (Å²) in [6.07, 6.45) is 8.12. The van der Waals surface area contributed by atoms with Crippen molar-refractivity contribution in [3.63, 3.8) is 0 Å². The standard InChI is InChI=1S/C10H20O2.C9H18O2.C8H16O2.C7H14O2.C6H12O2.C5H10O2/c1-5-6-7-8-9(11)12-10(2,3)4;1-5-6-7-8(10)11-9(2,3)4;1-5-6-7(9)10-8(2,3)4;1-5-6(8)9-7(2,3)4;1-5(7)8-6(2,3)4;1-5(2,3)7-4-6/h5-8H2,1-4H3;5-7H2,1-4H3;5-6H2,1-4H3;5H2,1-4H3;1-4H3;4H,1-3H3. The number of esters is 5. The third-order valence-corrected chi connectivity index (χ3v) is 4.99. The van der Waals surface area contributed by atoms with E-state index in [0.29, 0.717) is 32.2 Å². The van der Waals surface area contributed by atoms with E-state index in [1.165, 1.54) is 6.92 Å². The van der Waals surface area contributed by atoms with Crippen molar-refractivity contribution in [3.05, 3.63) is 0 Å². The molecule has 0 N–H and O–H groups in total. The van der Waals surface area contributed by atoms with Crippen LogP contribution in [-0.2, 0) is 57.2 Å². The summed E-state index contributed by atoms with van der Waals surface area (Å²) in [5, 5.41) is 0. The molecule has 0 rings (SSSR count). The van der Waals surface area contributed by atoms with Gasteiger partial charge in [-0.15, -0.1) is 0 Å². The molecule has 0 bridgehead atoms. The van der Waals surface area contributed by atoms with Crippen molar-refractivity contribution in [2.24, 2.45) is 0 Å². The summed E-state index contributed by atoms with van der Waals surface area (Å²) in [6, 6.07) is 0. The predicted molar refractivity (Wildman–Crippen MR) is 231 cm³/mol. The normalized spacial score (nSPS) is 11.1. The second-order valence-corrected chi connectivity index (χ2v) is 19.0. The molecule has 0 radical (unpaired) electrons. The number of hydrogen-bond donors (Lipinski definition) is 0. The summed E-state index contributed by atoms with van der Waals surface area (Å²) in [5.41, 5.74) is -1.96. The molecule has 0 amide bonds. The lowest BCUT2D eigenvalue weighted by atomic mass is 10.2. The number of carbonyl (C=O) groups is 6. The van der Waals surface area contributed by atoms with E-state index in [4.69, 9.17) is 23.7 Å². The van der Waals surface area contributed by atoms with E-state index in [-0.39, 0.29) is 63.5 Å². The highest BCUT2D eigenvalue weighted by atomic mass is 16.6. The Hall–Kier alpha value is -3.18. The van der Waals surface area contributed by atoms with Crippen LogP contribution in [0.3, 0.4) is 0 Å². The van der Waals surface area contributed by atoms with Crippen LogP contribution in [0.1, 0.15) is 223 Å². The highest BCUT2D eigenvalue weighted by Gasteiger charge is 2.17. The van der Waals surface area contributed by atoms with Crippen LogP contribution in [0.4, 0.5) is 0 Å². The van der Waals surface area contributed by atoms with E-state index in [2.05, 4.69) is 18.6 Å². The number of rotatable bonds is 11. The minimum Gasteiger partial charge on any atom is -0.462 e. The minimum absolute atomic E-state index is 0.0732. The van der Waals surface area contributed by atoms with Gasteiger partial charge in [-0.2, -0.15) is 0 Å². The van der Waals surface area contributed by atoms with E-state index < -0.39 is 0 Å². The van der Waals surface area contributed by atoms with Crippen LogP contribution in [0.25, 0.3) is 0 Å². The molecule has 0 aliphatic rings. The third kappa shape index (κ3) is 86.0. The van der Waals surface area contributed by atoms with Crippen molar-refractivity contribution in [2.75, 3.05) is 0 Å². The number of carbonyl (C=O) groups excluding carboxylic acids is 6. The zero-order chi connectivity index (χ0) is 46.9. The van der Waals surface area contributed by atoms with Gasteiger partial charge in [0.2, 0.25) is 0 Å². The van der Waals surface area contributed by atoms with Gasteiger partial charge in [0, 0.05) is 32.6 Å². The summed E-state index contributed by atoms with van der Waals surface area (Å²) in [7, 11) is 0. The maximum Gasteiger partial charge on any atom is 0.306 e. The van der Waals surface area contributed by atoms with Gasteiger partial charge in [0.1, 0.15) is 33.6 Å². The van der Waals surface area contributed by atoms with Crippen molar-refractivity contribution in [1.29, 1.82) is 0 Å². The first kappa shape index (κ1) is 65.7. The highest BCUT2D eigenvalue weighted by molar-refractivity contribution is 5.70. The Morgan fingerprint density at radius 1 is 0.386 bits per heavy atom. The van der Waals surface area contributed by atoms with E-state index in [1.807, 2.05) is 132 Å². The number of ether oxygens (including phenoxy) is 6. The zero-order valence-electron chi connectivity index (χ0n) is 41.0. The van der Waals surface area contributed by atoms with Gasteiger partial charge in [0.15, 0.2) is 0 Å². The van der Waals surface area contributed by atoms with Gasteiger partial charge in [0.25, 0.3) is 6.47 Å². The van der Waals surface area contributed by atoms with Gasteiger partial charge in [-0.05, 0) is 144 Å². The number of hydrogen-bond acceptors (Lipinski definition) is 12. The molecule has 0 saturated carbocycles. The average molecular weight is 823 g/mol. The molecular weight excluding hydrogens is 732 g/mol. The molecule has 342 valence electrons. The molecule has 0 atom stereocenters. The quantitative estimate of drug-likeness (QED) is 0.0841. The van der Waals surface area contributed by atoms with E-state index in [1.54, 1.807) is 6.92 Å². The summed E-state index contributed by atoms with van der Waals surface area (Å²) >= 11 is 0. The highest BCUT2D eigenvalue weighted by Crippen LogP contribution is 2.12. The lowest BCUT2D eigenvalue weighted by Crippen LogP contribution is -2.23. The fourth-order valence-corrected chi connectivity index (χ4v) is 3.21. The summed E-state index contributed by atoms with van der Waals surface area (Å²) in [6.45, 7) is 43.3. The second-order valence-electron chi connectivity index (χ2n) is 19.0. The first-order valence-electron chi connectivity index (χ1n) is 20.5. The monoisotopic (exact) mass is 823 g/mol. The van der Waals surface area contributed by atoms with Gasteiger partial charge in [-0.3, -0.25) is 28.8 Å². The predicted octanol–water partition coefficient (Wildman–Crippen LogP) is 11.6. The molecule has 12 nitrogen and oxygen atoms in total. The van der Waals surface area contributed by atoms with Crippen LogP contribution in [0.2, 0.25) is 0 Å². The topological polar surface area (TPSA) is 158 Å². The largest absolute Gasteiger partial charge is 0.462 e. The first-order chi connectivity index (χ1) is 25.3. The van der Waals surface area contributed by atoms with E-state index >= 15 is 0 Å². The molecule has 0 aliphatic heterocycles. The van der Waals surface area contributed by atoms with Gasteiger partial charge >= 0.3 is 29.8 Å². The van der Waals surface area contributed by atoms with Crippen molar-refractivity contribution in [3.8, 4) is 0 Å². The molecule has 0 unspecified atom stereocenters. The fourth-order valence-electron chi connectivity index (χ4n) is 3.21. The third-order valence-electron chi connectivity index (χ3n) is 4.99. The summed E-state index contributed by atoms with van der Waals surface area (Å²) in [4.78, 5) is 63.4. The molecule has 57 heavy (non-hydrogen) atoms. The Morgan fingerprint density at radius 2 is 0.684 bits per heavy atom. The van der Waals surface area contributed by atoms with Crippen LogP contribution in [0.15, 0.2) is 0 Å². The molecule has 0 spiro atoms. The van der Waals surface area contributed by atoms with Crippen molar-refractivity contribution < 1.29 is 57.2 Å². The summed E-state index contributed by atoms with van der Waals surface area (Å²) < 4.78 is 29.6. The molecule has 0 aliphatic carbocycles. The molecule has 0 fully saturated rings. The van der Waals surface area contributed by atoms with Gasteiger partial charge < -0.3 is 28.4 Å². The number of unbranched alkanes of at least 4 members (excludes halogenated alkanes) is 3. The fraction of sp³-hybridized carbons (Fsp3) is 0.867. The average Bonchev–Trinajstić information content (AvgIpc) is 2.92. The summed E-state index contributed by atoms with van der Waals surface area (Å²) in [5.74, 6) is -0.620. The minimum atomic E-state index is -0.330. The second kappa shape index (κ2) is 33.8. The van der Waals surface area contributed by atoms with Gasteiger partial charge in [0.05, 0.1) is 0 Å². The lowest BCUT2D eigenvalue weighted by Gasteiger charge is -2.19. The SMILES string of the molecule is CC(=O)OC(C)(C)C.CC(C)(C)OC=O.CCC(=O)OC(C)(C)C.CCCC(=O)OC(C)(C)C.CCCCC(=O)OC(C)(C)C.CCCCCC(=O)OC(C)(C)C. The first-order valence-corrected chi connectivity index (χ1v) is 20.5. The molecule has 0 aromatic rings. The molecular formula is C45H90O12. The maximum atomic E-state index is 11.1. The van der Waals surface area contributed by atoms with Gasteiger partial charge in [-0.25, -0.2) is 0 Å². The van der Waals surface area contributed by atoms with Crippen molar-refractivity contribution in [2.45, 2.75) is 257 Å². The lowest BCUT2D eigenvalue weighted by molar-refractivity contribution is -0.156. The zero-order valence-corrected chi connectivity index (χ0v) is 41.0. The Kier molecular flexibility index (Phi) is 38.9. The van der Waals surface area contributed by atoms with Crippen LogP contribution < -0.4 is 0 Å². The molecule has 0 saturated heterocycles. The maximum absolute atomic E-state index is 11.1. The van der Waals surface area contributed by atoms with Crippen molar-refractivity contribution in [1.82, 2.24) is 0 Å². The van der Waals surface area contributed by atoms with Crippen LogP contribution in [-0.4, -0.2) is 69.9 Å². The van der Waals surface area contributed by atoms with Crippen molar-refractivity contribution >= 4 is 36.3 Å². The molecule has 0 heterocycles. The Bertz CT molecular complexity index is 1050. The Labute approximate surface area is 349 Å². The van der Waals surface area contributed by atoms with Crippen LogP contribution in [0, 0.1) is 0 Å². The molecule has 0 aromatic carbocycles.